The van der Waals surface area contributed by atoms with Gasteiger partial charge in [-0.15, -0.1) is 0 Å². The summed E-state index contributed by atoms with van der Waals surface area (Å²) in [5.41, 5.74) is 1.92. The fourth-order valence-corrected chi connectivity index (χ4v) is 6.42. The highest BCUT2D eigenvalue weighted by molar-refractivity contribution is 7.89. The van der Waals surface area contributed by atoms with Crippen LogP contribution in [-0.2, 0) is 26.2 Å². The Morgan fingerprint density at radius 3 is 2.34 bits per heavy atom. The van der Waals surface area contributed by atoms with Crippen LogP contribution in [0.3, 0.4) is 0 Å². The van der Waals surface area contributed by atoms with Gasteiger partial charge in [-0.3, -0.25) is 14.3 Å². The van der Waals surface area contributed by atoms with E-state index in [2.05, 4.69) is 5.10 Å². The van der Waals surface area contributed by atoms with Crippen molar-refractivity contribution in [3.8, 4) is 0 Å². The van der Waals surface area contributed by atoms with Gasteiger partial charge in [0.2, 0.25) is 21.8 Å². The van der Waals surface area contributed by atoms with Crippen molar-refractivity contribution in [1.82, 2.24) is 19.0 Å². The molecule has 2 saturated heterocycles. The van der Waals surface area contributed by atoms with Gasteiger partial charge in [0.25, 0.3) is 0 Å². The van der Waals surface area contributed by atoms with E-state index in [0.29, 0.717) is 37.6 Å². The van der Waals surface area contributed by atoms with Crippen molar-refractivity contribution in [3.05, 3.63) is 41.7 Å². The minimum Gasteiger partial charge on any atom is -0.340 e. The molecule has 1 aromatic carbocycles. The molecule has 3 heterocycles. The zero-order valence-corrected chi connectivity index (χ0v) is 19.5. The number of aryl methyl sites for hydroxylation is 2. The highest BCUT2D eigenvalue weighted by atomic mass is 32.2. The second kappa shape index (κ2) is 8.67. The summed E-state index contributed by atoms with van der Waals surface area (Å²) in [5, 5.41) is 4.33. The van der Waals surface area contributed by atoms with Crippen LogP contribution < -0.4 is 4.90 Å². The average Bonchev–Trinajstić information content (AvgIpc) is 3.32. The Morgan fingerprint density at radius 1 is 1.09 bits per heavy atom. The van der Waals surface area contributed by atoms with Gasteiger partial charge in [0.05, 0.1) is 17.3 Å². The number of carbonyl (C=O) groups excluding carboxylic acids is 2. The first kappa shape index (κ1) is 22.5. The van der Waals surface area contributed by atoms with Crippen LogP contribution in [0.25, 0.3) is 0 Å². The zero-order chi connectivity index (χ0) is 23.0. The molecular weight excluding hydrogens is 430 g/mol. The van der Waals surface area contributed by atoms with E-state index >= 15 is 0 Å². The van der Waals surface area contributed by atoms with Crippen LogP contribution in [0, 0.1) is 19.8 Å². The number of nitrogens with zero attached hydrogens (tertiary/aromatic N) is 5. The molecule has 1 aromatic heterocycles. The van der Waals surface area contributed by atoms with Gasteiger partial charge >= 0.3 is 0 Å². The van der Waals surface area contributed by atoms with Crippen LogP contribution >= 0.6 is 0 Å². The van der Waals surface area contributed by atoms with E-state index in [-0.39, 0.29) is 36.2 Å². The van der Waals surface area contributed by atoms with Crippen molar-refractivity contribution in [3.63, 3.8) is 0 Å². The number of amides is 2. The molecule has 4 rings (SSSR count). The molecule has 1 atom stereocenters. The number of para-hydroxylation sites is 1. The largest absolute Gasteiger partial charge is 0.340 e. The highest BCUT2D eigenvalue weighted by Crippen LogP contribution is 2.28. The van der Waals surface area contributed by atoms with Gasteiger partial charge in [-0.1, -0.05) is 18.2 Å². The van der Waals surface area contributed by atoms with Gasteiger partial charge in [-0.05, 0) is 32.9 Å². The number of piperazine rings is 1. The fourth-order valence-electron chi connectivity index (χ4n) is 4.63. The zero-order valence-electron chi connectivity index (χ0n) is 18.7. The van der Waals surface area contributed by atoms with Gasteiger partial charge in [0.1, 0.15) is 4.90 Å². The lowest BCUT2D eigenvalue weighted by atomic mass is 10.1. The third-order valence-corrected chi connectivity index (χ3v) is 8.46. The summed E-state index contributed by atoms with van der Waals surface area (Å²) in [6, 6.07) is 9.34. The molecule has 0 spiro atoms. The van der Waals surface area contributed by atoms with E-state index < -0.39 is 15.9 Å². The van der Waals surface area contributed by atoms with Crippen LogP contribution in [0.5, 0.6) is 0 Å². The van der Waals surface area contributed by atoms with E-state index in [1.54, 1.807) is 28.3 Å². The first-order valence-electron chi connectivity index (χ1n) is 10.9. The number of anilines is 1. The SMILES string of the molecule is CCn1nc(C)c(S(=O)(=O)N2CCN(C(=O)C3CC(=O)N(c4ccccc4)C3)CC2)c1C. The lowest BCUT2D eigenvalue weighted by molar-refractivity contribution is -0.136. The first-order valence-corrected chi connectivity index (χ1v) is 12.4. The molecule has 10 heteroatoms. The Hall–Kier alpha value is -2.72. The summed E-state index contributed by atoms with van der Waals surface area (Å²) >= 11 is 0. The minimum absolute atomic E-state index is 0.0605. The van der Waals surface area contributed by atoms with E-state index in [0.717, 1.165) is 5.69 Å². The molecule has 2 aliphatic heterocycles. The number of carbonyl (C=O) groups is 2. The molecule has 0 radical (unpaired) electrons. The quantitative estimate of drug-likeness (QED) is 0.674. The average molecular weight is 460 g/mol. The number of rotatable bonds is 5. The predicted octanol–water partition coefficient (Wildman–Crippen LogP) is 1.41. The Bertz CT molecular complexity index is 1120. The molecule has 0 bridgehead atoms. The molecule has 32 heavy (non-hydrogen) atoms. The number of hydrogen-bond donors (Lipinski definition) is 0. The Balaban J connectivity index is 1.41. The maximum Gasteiger partial charge on any atom is 0.246 e. The van der Waals surface area contributed by atoms with E-state index in [4.69, 9.17) is 0 Å². The molecule has 2 aliphatic rings. The molecule has 0 saturated carbocycles. The van der Waals surface area contributed by atoms with E-state index in [1.807, 2.05) is 37.3 Å². The smallest absolute Gasteiger partial charge is 0.246 e. The fraction of sp³-hybridized carbons (Fsp3) is 0.500. The monoisotopic (exact) mass is 459 g/mol. The third kappa shape index (κ3) is 3.93. The van der Waals surface area contributed by atoms with Crippen molar-refractivity contribution in [2.45, 2.75) is 38.6 Å². The van der Waals surface area contributed by atoms with Crippen LogP contribution in [0.2, 0.25) is 0 Å². The van der Waals surface area contributed by atoms with E-state index in [9.17, 15) is 18.0 Å². The third-order valence-electron chi connectivity index (χ3n) is 6.30. The summed E-state index contributed by atoms with van der Waals surface area (Å²) in [4.78, 5) is 29.1. The lowest BCUT2D eigenvalue weighted by Crippen LogP contribution is -2.52. The summed E-state index contributed by atoms with van der Waals surface area (Å²) in [5.74, 6) is -0.548. The van der Waals surface area contributed by atoms with Gasteiger partial charge in [-0.25, -0.2) is 8.42 Å². The number of hydrogen-bond acceptors (Lipinski definition) is 5. The molecule has 2 amide bonds. The molecule has 9 nitrogen and oxygen atoms in total. The molecule has 2 fully saturated rings. The Morgan fingerprint density at radius 2 is 1.75 bits per heavy atom. The van der Waals surface area contributed by atoms with Crippen LogP contribution in [0.4, 0.5) is 5.69 Å². The normalized spacial score (nSPS) is 20.2. The van der Waals surface area contributed by atoms with E-state index in [1.165, 1.54) is 4.31 Å². The predicted molar refractivity (Wildman–Crippen MR) is 120 cm³/mol. The summed E-state index contributed by atoms with van der Waals surface area (Å²) in [6.07, 6.45) is 0.181. The second-order valence-electron chi connectivity index (χ2n) is 8.29. The Kier molecular flexibility index (Phi) is 6.09. The lowest BCUT2D eigenvalue weighted by Gasteiger charge is -2.35. The van der Waals surface area contributed by atoms with Gasteiger partial charge in [0, 0.05) is 51.4 Å². The van der Waals surface area contributed by atoms with Crippen LogP contribution in [0.1, 0.15) is 24.7 Å². The summed E-state index contributed by atoms with van der Waals surface area (Å²) < 4.78 is 29.6. The van der Waals surface area contributed by atoms with Crippen molar-refractivity contribution < 1.29 is 18.0 Å². The standard InChI is InChI=1S/C22H29N5O4S/c1-4-27-17(3)21(16(2)23-27)32(30,31)25-12-10-24(11-13-25)22(29)18-14-20(28)26(15-18)19-8-6-5-7-9-19/h5-9,18H,4,10-15H2,1-3H3. The molecule has 172 valence electrons. The van der Waals surface area contributed by atoms with Crippen molar-refractivity contribution in [2.24, 2.45) is 5.92 Å². The topological polar surface area (TPSA) is 95.8 Å². The minimum atomic E-state index is -3.68. The number of benzene rings is 1. The van der Waals surface area contributed by atoms with Crippen molar-refractivity contribution in [2.75, 3.05) is 37.6 Å². The van der Waals surface area contributed by atoms with Gasteiger partial charge < -0.3 is 9.80 Å². The molecule has 1 unspecified atom stereocenters. The molecule has 0 aliphatic carbocycles. The Labute approximate surface area is 188 Å². The number of aromatic nitrogens is 2. The number of sulfonamides is 1. The highest BCUT2D eigenvalue weighted by Gasteiger charge is 2.39. The van der Waals surface area contributed by atoms with Crippen LogP contribution in [0.15, 0.2) is 35.2 Å². The maximum absolute atomic E-state index is 13.3. The maximum atomic E-state index is 13.3. The van der Waals surface area contributed by atoms with Crippen molar-refractivity contribution >= 4 is 27.5 Å². The molecular formula is C22H29N5O4S. The summed E-state index contributed by atoms with van der Waals surface area (Å²) in [6.45, 7) is 7.45. The van der Waals surface area contributed by atoms with Gasteiger partial charge in [0.15, 0.2) is 0 Å². The summed E-state index contributed by atoms with van der Waals surface area (Å²) in [7, 11) is -3.68. The van der Waals surface area contributed by atoms with Crippen molar-refractivity contribution in [1.29, 1.82) is 0 Å². The second-order valence-corrected chi connectivity index (χ2v) is 10.2. The van der Waals surface area contributed by atoms with Gasteiger partial charge in [-0.2, -0.15) is 9.40 Å². The molecule has 2 aromatic rings. The first-order chi connectivity index (χ1) is 15.2. The van der Waals surface area contributed by atoms with Crippen LogP contribution in [-0.4, -0.2) is 71.9 Å². The molecule has 0 N–H and O–H groups in total.